The molecule has 0 aromatic rings. The summed E-state index contributed by atoms with van der Waals surface area (Å²) in [7, 11) is 0. The number of hydrogen-bond acceptors (Lipinski definition) is 3. The largest absolute Gasteiger partial charge is 0.462 e. The lowest BCUT2D eigenvalue weighted by molar-refractivity contribution is -0.143. The molecule has 1 unspecified atom stereocenters. The third-order valence-corrected chi connectivity index (χ3v) is 1.78. The second kappa shape index (κ2) is 4.57. The van der Waals surface area contributed by atoms with Crippen LogP contribution in [0.2, 0.25) is 0 Å². The predicted octanol–water partition coefficient (Wildman–Crippen LogP) is 0.947. The Labute approximate surface area is 70.6 Å². The van der Waals surface area contributed by atoms with E-state index in [1.807, 2.05) is 0 Å². The molecule has 0 spiro atoms. The number of carbonyl (C=O) groups is 1. The summed E-state index contributed by atoms with van der Waals surface area (Å²) in [5.41, 5.74) is 0. The molecule has 0 aromatic heterocycles. The first-order valence-electron chi connectivity index (χ1n) is 3.66. The lowest BCUT2D eigenvalue weighted by atomic mass is 10.2. The lowest BCUT2D eigenvalue weighted by Gasteiger charge is -2.08. The van der Waals surface area contributed by atoms with Gasteiger partial charge in [0.2, 0.25) is 0 Å². The van der Waals surface area contributed by atoms with Crippen molar-refractivity contribution in [3.05, 3.63) is 0 Å². The molecule has 0 bridgehead atoms. The number of esters is 1. The van der Waals surface area contributed by atoms with Crippen molar-refractivity contribution in [2.24, 2.45) is 0 Å². The molecule has 4 heteroatoms. The summed E-state index contributed by atoms with van der Waals surface area (Å²) in [6.07, 6.45) is 2.14. The molecule has 0 saturated carbocycles. The van der Waals surface area contributed by atoms with Crippen molar-refractivity contribution in [3.63, 3.8) is 0 Å². The van der Waals surface area contributed by atoms with E-state index in [4.69, 9.17) is 21.1 Å². The van der Waals surface area contributed by atoms with Crippen LogP contribution >= 0.6 is 11.6 Å². The summed E-state index contributed by atoms with van der Waals surface area (Å²) >= 11 is 5.22. The number of halogens is 1. The molecule has 1 rings (SSSR count). The Bertz CT molecular complexity index is 132. The molecule has 64 valence electrons. The van der Waals surface area contributed by atoms with Crippen molar-refractivity contribution in [1.82, 2.24) is 0 Å². The third-order valence-electron chi connectivity index (χ3n) is 1.56. The van der Waals surface area contributed by atoms with E-state index in [1.54, 1.807) is 0 Å². The van der Waals surface area contributed by atoms with Crippen LogP contribution in [0.3, 0.4) is 0 Å². The topological polar surface area (TPSA) is 35.5 Å². The van der Waals surface area contributed by atoms with Crippen molar-refractivity contribution in [1.29, 1.82) is 0 Å². The average Bonchev–Trinajstić information content (AvgIpc) is 2.52. The lowest BCUT2D eigenvalue weighted by Crippen LogP contribution is -2.18. The quantitative estimate of drug-likeness (QED) is 0.477. The standard InChI is InChI=1S/C7H11ClO3/c8-4-7(9)11-5-6-2-1-3-10-6/h6H,1-5H2. The zero-order chi connectivity index (χ0) is 8.10. The molecule has 0 amide bonds. The van der Waals surface area contributed by atoms with E-state index in [-0.39, 0.29) is 18.0 Å². The molecule has 3 nitrogen and oxygen atoms in total. The fourth-order valence-electron chi connectivity index (χ4n) is 1.00. The van der Waals surface area contributed by atoms with Crippen molar-refractivity contribution in [2.45, 2.75) is 18.9 Å². The van der Waals surface area contributed by atoms with Gasteiger partial charge in [0.1, 0.15) is 12.5 Å². The van der Waals surface area contributed by atoms with Gasteiger partial charge < -0.3 is 9.47 Å². The van der Waals surface area contributed by atoms with Gasteiger partial charge in [0, 0.05) is 6.61 Å². The Morgan fingerprint density at radius 1 is 1.73 bits per heavy atom. The Balaban J connectivity index is 2.06. The van der Waals surface area contributed by atoms with E-state index in [2.05, 4.69) is 0 Å². The van der Waals surface area contributed by atoms with E-state index in [9.17, 15) is 4.79 Å². The second-order valence-electron chi connectivity index (χ2n) is 2.45. The summed E-state index contributed by atoms with van der Waals surface area (Å²) in [6, 6.07) is 0. The first kappa shape index (κ1) is 8.81. The first-order chi connectivity index (χ1) is 5.33. The molecule has 0 aromatic carbocycles. The van der Waals surface area contributed by atoms with Crippen molar-refractivity contribution < 1.29 is 14.3 Å². The van der Waals surface area contributed by atoms with Gasteiger partial charge >= 0.3 is 5.97 Å². The molecule has 0 aliphatic carbocycles. The van der Waals surface area contributed by atoms with E-state index >= 15 is 0 Å². The Kier molecular flexibility index (Phi) is 3.66. The van der Waals surface area contributed by atoms with Gasteiger partial charge in [0.25, 0.3) is 0 Å². The Hall–Kier alpha value is -0.280. The summed E-state index contributed by atoms with van der Waals surface area (Å²) in [5, 5.41) is 0. The minimum absolute atomic E-state index is 0.0767. The normalized spacial score (nSPS) is 23.5. The minimum atomic E-state index is -0.373. The molecule has 1 aliphatic rings. The van der Waals surface area contributed by atoms with Crippen LogP contribution in [0, 0.1) is 0 Å². The van der Waals surface area contributed by atoms with Gasteiger partial charge in [-0.25, -0.2) is 0 Å². The highest BCUT2D eigenvalue weighted by atomic mass is 35.5. The molecule has 1 atom stereocenters. The second-order valence-corrected chi connectivity index (χ2v) is 2.72. The predicted molar refractivity (Wildman–Crippen MR) is 40.7 cm³/mol. The van der Waals surface area contributed by atoms with Crippen LogP contribution < -0.4 is 0 Å². The highest BCUT2D eigenvalue weighted by molar-refractivity contribution is 6.26. The van der Waals surface area contributed by atoms with Crippen LogP contribution in [0.25, 0.3) is 0 Å². The highest BCUT2D eigenvalue weighted by Crippen LogP contribution is 2.11. The Morgan fingerprint density at radius 3 is 3.09 bits per heavy atom. The van der Waals surface area contributed by atoms with E-state index in [0.29, 0.717) is 6.61 Å². The zero-order valence-corrected chi connectivity index (χ0v) is 6.97. The van der Waals surface area contributed by atoms with Crippen LogP contribution in [0.1, 0.15) is 12.8 Å². The van der Waals surface area contributed by atoms with Gasteiger partial charge in [-0.1, -0.05) is 0 Å². The third kappa shape index (κ3) is 3.08. The highest BCUT2D eigenvalue weighted by Gasteiger charge is 2.16. The van der Waals surface area contributed by atoms with Crippen LogP contribution in [0.15, 0.2) is 0 Å². The fraction of sp³-hybridized carbons (Fsp3) is 0.857. The fourth-order valence-corrected chi connectivity index (χ4v) is 1.08. The smallest absolute Gasteiger partial charge is 0.320 e. The molecule has 0 radical (unpaired) electrons. The van der Waals surface area contributed by atoms with Crippen LogP contribution in [-0.2, 0) is 14.3 Å². The van der Waals surface area contributed by atoms with Crippen molar-refractivity contribution in [3.8, 4) is 0 Å². The molecule has 1 saturated heterocycles. The van der Waals surface area contributed by atoms with Crippen molar-refractivity contribution in [2.75, 3.05) is 19.1 Å². The first-order valence-corrected chi connectivity index (χ1v) is 4.19. The average molecular weight is 179 g/mol. The molecular weight excluding hydrogens is 168 g/mol. The number of rotatable bonds is 3. The molecule has 11 heavy (non-hydrogen) atoms. The van der Waals surface area contributed by atoms with Gasteiger partial charge in [-0.15, -0.1) is 11.6 Å². The van der Waals surface area contributed by atoms with E-state index < -0.39 is 0 Å². The molecule has 0 N–H and O–H groups in total. The van der Waals surface area contributed by atoms with Crippen LogP contribution in [-0.4, -0.2) is 31.2 Å². The summed E-state index contributed by atoms with van der Waals surface area (Å²) in [4.78, 5) is 10.6. The van der Waals surface area contributed by atoms with Gasteiger partial charge in [-0.3, -0.25) is 4.79 Å². The van der Waals surface area contributed by atoms with Crippen molar-refractivity contribution >= 4 is 17.6 Å². The van der Waals surface area contributed by atoms with Crippen LogP contribution in [0.5, 0.6) is 0 Å². The molecule has 1 aliphatic heterocycles. The molecular formula is C7H11ClO3. The minimum Gasteiger partial charge on any atom is -0.462 e. The number of carbonyl (C=O) groups excluding carboxylic acids is 1. The van der Waals surface area contributed by atoms with E-state index in [1.165, 1.54) is 0 Å². The molecule has 1 fully saturated rings. The van der Waals surface area contributed by atoms with Gasteiger partial charge in [-0.2, -0.15) is 0 Å². The maximum absolute atomic E-state index is 10.6. The van der Waals surface area contributed by atoms with Gasteiger partial charge in [0.05, 0.1) is 6.10 Å². The monoisotopic (exact) mass is 178 g/mol. The van der Waals surface area contributed by atoms with Gasteiger partial charge in [-0.05, 0) is 12.8 Å². The maximum atomic E-state index is 10.6. The summed E-state index contributed by atoms with van der Waals surface area (Å²) < 4.78 is 10.0. The summed E-state index contributed by atoms with van der Waals surface area (Å²) in [6.45, 7) is 1.13. The number of ether oxygens (including phenoxy) is 2. The van der Waals surface area contributed by atoms with Crippen LogP contribution in [0.4, 0.5) is 0 Å². The maximum Gasteiger partial charge on any atom is 0.320 e. The SMILES string of the molecule is O=C(CCl)OCC1CCCO1. The van der Waals surface area contributed by atoms with E-state index in [0.717, 1.165) is 19.4 Å². The number of hydrogen-bond donors (Lipinski definition) is 0. The van der Waals surface area contributed by atoms with Gasteiger partial charge in [0.15, 0.2) is 0 Å². The number of alkyl halides is 1. The zero-order valence-electron chi connectivity index (χ0n) is 6.22. The Morgan fingerprint density at radius 2 is 2.55 bits per heavy atom. The summed E-state index contributed by atoms with van der Waals surface area (Å²) in [5.74, 6) is -0.450. The molecule has 1 heterocycles.